The Hall–Kier alpha value is -0.690. The molecule has 0 bridgehead atoms. The van der Waals surface area contributed by atoms with Crippen molar-refractivity contribution >= 4 is 5.97 Å². The fourth-order valence-electron chi connectivity index (χ4n) is 4.08. The summed E-state index contributed by atoms with van der Waals surface area (Å²) in [6, 6.07) is 0. The number of aliphatic hydroxyl groups is 2. The van der Waals surface area contributed by atoms with E-state index in [0.29, 0.717) is 31.8 Å². The molecule has 1 aliphatic heterocycles. The van der Waals surface area contributed by atoms with Gasteiger partial charge in [0.15, 0.2) is 0 Å². The molecule has 4 N–H and O–H groups in total. The van der Waals surface area contributed by atoms with Crippen molar-refractivity contribution in [1.82, 2.24) is 10.6 Å². The van der Waals surface area contributed by atoms with Crippen LogP contribution >= 0.6 is 0 Å². The van der Waals surface area contributed by atoms with Crippen molar-refractivity contribution in [3.8, 4) is 0 Å². The lowest BCUT2D eigenvalue weighted by molar-refractivity contribution is -0.156. The molecule has 0 atom stereocenters. The minimum absolute atomic E-state index is 0.0454. The van der Waals surface area contributed by atoms with Crippen LogP contribution in [0.1, 0.15) is 51.4 Å². The number of rotatable bonds is 3. The van der Waals surface area contributed by atoms with Gasteiger partial charge in [0.1, 0.15) is 6.10 Å². The van der Waals surface area contributed by atoms with Crippen molar-refractivity contribution in [3.05, 3.63) is 0 Å². The van der Waals surface area contributed by atoms with E-state index >= 15 is 0 Å². The molecular weight excluding hydrogens is 296 g/mol. The van der Waals surface area contributed by atoms with Crippen molar-refractivity contribution in [2.75, 3.05) is 13.1 Å². The monoisotopic (exact) mass is 326 g/mol. The molecule has 0 radical (unpaired) electrons. The van der Waals surface area contributed by atoms with Gasteiger partial charge in [-0.3, -0.25) is 15.4 Å². The molecule has 1 saturated heterocycles. The molecule has 0 amide bonds. The average molecular weight is 326 g/mol. The van der Waals surface area contributed by atoms with Crippen molar-refractivity contribution < 1.29 is 19.7 Å². The van der Waals surface area contributed by atoms with Crippen LogP contribution in [-0.4, -0.2) is 53.7 Å². The van der Waals surface area contributed by atoms with Gasteiger partial charge in [-0.2, -0.15) is 0 Å². The first-order valence-electron chi connectivity index (χ1n) is 9.15. The fraction of sp³-hybridized carbons (Fsp3) is 0.941. The van der Waals surface area contributed by atoms with Gasteiger partial charge >= 0.3 is 5.97 Å². The summed E-state index contributed by atoms with van der Waals surface area (Å²) in [6.07, 6.45) is 6.52. The van der Waals surface area contributed by atoms with Gasteiger partial charge in [-0.25, -0.2) is 0 Å². The molecule has 23 heavy (non-hydrogen) atoms. The third-order valence-electron chi connectivity index (χ3n) is 5.66. The van der Waals surface area contributed by atoms with Crippen molar-refractivity contribution in [2.45, 2.75) is 75.8 Å². The molecule has 0 spiro atoms. The van der Waals surface area contributed by atoms with Gasteiger partial charge < -0.3 is 14.9 Å². The summed E-state index contributed by atoms with van der Waals surface area (Å²) in [5.41, 5.74) is 0. The van der Waals surface area contributed by atoms with E-state index in [4.69, 9.17) is 4.74 Å². The lowest BCUT2D eigenvalue weighted by Crippen LogP contribution is -2.59. The van der Waals surface area contributed by atoms with Crippen LogP contribution in [0.5, 0.6) is 0 Å². The second kappa shape index (κ2) is 7.92. The molecule has 2 saturated carbocycles. The molecule has 3 fully saturated rings. The van der Waals surface area contributed by atoms with Crippen LogP contribution in [0.4, 0.5) is 0 Å². The van der Waals surface area contributed by atoms with Crippen molar-refractivity contribution in [3.63, 3.8) is 0 Å². The third-order valence-corrected chi connectivity index (χ3v) is 5.66. The molecule has 3 aliphatic rings. The largest absolute Gasteiger partial charge is 0.459 e. The Morgan fingerprint density at radius 1 is 0.826 bits per heavy atom. The molecule has 132 valence electrons. The molecule has 3 rings (SSSR count). The van der Waals surface area contributed by atoms with Crippen molar-refractivity contribution in [1.29, 1.82) is 0 Å². The number of carbonyl (C=O) groups is 1. The molecule has 0 aromatic heterocycles. The zero-order chi connectivity index (χ0) is 16.2. The topological polar surface area (TPSA) is 90.8 Å². The van der Waals surface area contributed by atoms with Gasteiger partial charge in [0.25, 0.3) is 0 Å². The lowest BCUT2D eigenvalue weighted by atomic mass is 9.85. The van der Waals surface area contributed by atoms with Crippen LogP contribution in [0.3, 0.4) is 0 Å². The first-order chi connectivity index (χ1) is 11.1. The maximum absolute atomic E-state index is 12.2. The smallest absolute Gasteiger partial charge is 0.309 e. The quantitative estimate of drug-likeness (QED) is 0.565. The average Bonchev–Trinajstić information content (AvgIpc) is 2.57. The Kier molecular flexibility index (Phi) is 5.91. The summed E-state index contributed by atoms with van der Waals surface area (Å²) in [7, 11) is 0. The standard InChI is InChI=1S/C17H30N2O4/c20-13-5-1-11(2-6-13)16-18-9-15(10-19-16)23-17(22)12-3-7-14(21)8-4-12/h11-16,18-21H,1-10H2. The maximum atomic E-state index is 12.2. The lowest BCUT2D eigenvalue weighted by Gasteiger charge is -2.38. The minimum Gasteiger partial charge on any atom is -0.459 e. The number of esters is 1. The van der Waals surface area contributed by atoms with E-state index in [1.54, 1.807) is 0 Å². The van der Waals surface area contributed by atoms with E-state index in [-0.39, 0.29) is 36.4 Å². The number of hydrogen-bond donors (Lipinski definition) is 4. The van der Waals surface area contributed by atoms with E-state index < -0.39 is 0 Å². The number of aliphatic hydroxyl groups excluding tert-OH is 2. The van der Waals surface area contributed by atoms with E-state index in [0.717, 1.165) is 38.5 Å². The van der Waals surface area contributed by atoms with Crippen molar-refractivity contribution in [2.24, 2.45) is 11.8 Å². The SMILES string of the molecule is O=C(OC1CNC(C2CCC(O)CC2)NC1)C1CCC(O)CC1. The maximum Gasteiger partial charge on any atom is 0.309 e. The predicted octanol–water partition coefficient (Wildman–Crippen LogP) is 0.519. The minimum atomic E-state index is -0.244. The van der Waals surface area contributed by atoms with Crippen LogP contribution in [-0.2, 0) is 9.53 Å². The Labute approximate surface area is 138 Å². The summed E-state index contributed by atoms with van der Waals surface area (Å²) in [5.74, 6) is 0.399. The second-order valence-corrected chi connectivity index (χ2v) is 7.43. The zero-order valence-corrected chi connectivity index (χ0v) is 13.7. The molecule has 2 aliphatic carbocycles. The number of hydrogen-bond acceptors (Lipinski definition) is 6. The molecule has 0 unspecified atom stereocenters. The van der Waals surface area contributed by atoms with Gasteiger partial charge in [-0.05, 0) is 57.3 Å². The normalized spacial score (nSPS) is 42.2. The highest BCUT2D eigenvalue weighted by molar-refractivity contribution is 5.72. The van der Waals surface area contributed by atoms with Gasteiger partial charge in [0.2, 0.25) is 0 Å². The van der Waals surface area contributed by atoms with Gasteiger partial charge in [0.05, 0.1) is 24.3 Å². The highest BCUT2D eigenvalue weighted by Crippen LogP contribution is 2.28. The summed E-state index contributed by atoms with van der Waals surface area (Å²) in [4.78, 5) is 12.2. The summed E-state index contributed by atoms with van der Waals surface area (Å²) in [6.45, 7) is 1.38. The Bertz CT molecular complexity index is 382. The van der Waals surface area contributed by atoms with E-state index in [9.17, 15) is 15.0 Å². The highest BCUT2D eigenvalue weighted by Gasteiger charge is 2.33. The number of ether oxygens (including phenoxy) is 1. The zero-order valence-electron chi connectivity index (χ0n) is 13.7. The number of carbonyl (C=O) groups excluding carboxylic acids is 1. The second-order valence-electron chi connectivity index (χ2n) is 7.43. The summed E-state index contributed by atoms with van der Waals surface area (Å²) in [5, 5.41) is 26.0. The van der Waals surface area contributed by atoms with E-state index in [2.05, 4.69) is 10.6 Å². The Morgan fingerprint density at radius 3 is 1.91 bits per heavy atom. The molecule has 6 heteroatoms. The van der Waals surface area contributed by atoms with Crippen LogP contribution in [0.15, 0.2) is 0 Å². The molecule has 6 nitrogen and oxygen atoms in total. The Morgan fingerprint density at radius 2 is 1.35 bits per heavy atom. The number of nitrogens with one attached hydrogen (secondary N) is 2. The summed E-state index contributed by atoms with van der Waals surface area (Å²) >= 11 is 0. The first-order valence-corrected chi connectivity index (χ1v) is 9.15. The fourth-order valence-corrected chi connectivity index (χ4v) is 4.08. The molecule has 0 aromatic carbocycles. The van der Waals surface area contributed by atoms with Gasteiger partial charge in [-0.15, -0.1) is 0 Å². The predicted molar refractivity (Wildman–Crippen MR) is 85.6 cm³/mol. The van der Waals surface area contributed by atoms with E-state index in [1.807, 2.05) is 0 Å². The molecule has 0 aromatic rings. The van der Waals surface area contributed by atoms with Crippen LogP contribution < -0.4 is 10.6 Å². The molecular formula is C17H30N2O4. The first kappa shape index (κ1) is 17.1. The van der Waals surface area contributed by atoms with Gasteiger partial charge in [0, 0.05) is 13.1 Å². The van der Waals surface area contributed by atoms with Crippen LogP contribution in [0.25, 0.3) is 0 Å². The summed E-state index contributed by atoms with van der Waals surface area (Å²) < 4.78 is 5.63. The Balaban J connectivity index is 1.38. The molecule has 1 heterocycles. The van der Waals surface area contributed by atoms with Crippen LogP contribution in [0.2, 0.25) is 0 Å². The van der Waals surface area contributed by atoms with Crippen LogP contribution in [0, 0.1) is 11.8 Å². The van der Waals surface area contributed by atoms with E-state index in [1.165, 1.54) is 0 Å². The van der Waals surface area contributed by atoms with Gasteiger partial charge in [-0.1, -0.05) is 0 Å². The third kappa shape index (κ3) is 4.66. The highest BCUT2D eigenvalue weighted by atomic mass is 16.5.